The van der Waals surface area contributed by atoms with E-state index in [9.17, 15) is 4.79 Å². The topological polar surface area (TPSA) is 61.0 Å². The van der Waals surface area contributed by atoms with Gasteiger partial charge < -0.3 is 15.2 Å². The zero-order chi connectivity index (χ0) is 12.7. The average molecular weight is 238 g/mol. The molecule has 0 aliphatic heterocycles. The molecule has 0 aliphatic rings. The highest BCUT2D eigenvalue weighted by Gasteiger charge is 2.02. The third-order valence-electron chi connectivity index (χ3n) is 2.37. The standard InChI is InChI=1S/C12H22N4O/c1-4-6-13-9-10-8-12(17)15-11(14-10)5-7-16(2)3/h8,13H,4-7,9H2,1-3H3,(H,14,15,17). The molecule has 0 atom stereocenters. The minimum Gasteiger partial charge on any atom is -0.311 e. The quantitative estimate of drug-likeness (QED) is 0.674. The van der Waals surface area contributed by atoms with Gasteiger partial charge in [0, 0.05) is 25.6 Å². The first-order chi connectivity index (χ1) is 8.11. The largest absolute Gasteiger partial charge is 0.311 e. The molecule has 0 bridgehead atoms. The molecule has 0 amide bonds. The number of rotatable bonds is 7. The molecule has 0 fully saturated rings. The van der Waals surface area contributed by atoms with Crippen molar-refractivity contribution >= 4 is 0 Å². The number of aromatic nitrogens is 2. The lowest BCUT2D eigenvalue weighted by atomic mass is 10.3. The van der Waals surface area contributed by atoms with E-state index in [4.69, 9.17) is 0 Å². The maximum Gasteiger partial charge on any atom is 0.251 e. The Morgan fingerprint density at radius 3 is 2.88 bits per heavy atom. The van der Waals surface area contributed by atoms with E-state index in [0.717, 1.165) is 37.4 Å². The molecule has 0 spiro atoms. The van der Waals surface area contributed by atoms with Gasteiger partial charge in [0.05, 0.1) is 5.69 Å². The number of likely N-dealkylation sites (N-methyl/N-ethyl adjacent to an activating group) is 1. The molecule has 17 heavy (non-hydrogen) atoms. The van der Waals surface area contributed by atoms with Crippen LogP contribution in [0.1, 0.15) is 24.9 Å². The van der Waals surface area contributed by atoms with E-state index in [1.165, 1.54) is 0 Å². The molecule has 96 valence electrons. The number of H-pyrrole nitrogens is 1. The van der Waals surface area contributed by atoms with Crippen molar-refractivity contribution in [3.05, 3.63) is 27.9 Å². The summed E-state index contributed by atoms with van der Waals surface area (Å²) in [4.78, 5) is 20.7. The lowest BCUT2D eigenvalue weighted by molar-refractivity contribution is 0.409. The molecule has 0 saturated carbocycles. The van der Waals surface area contributed by atoms with Gasteiger partial charge in [0.1, 0.15) is 5.82 Å². The van der Waals surface area contributed by atoms with Crippen molar-refractivity contribution in [1.82, 2.24) is 20.2 Å². The SMILES string of the molecule is CCCNCc1cc(=O)[nH]c(CCN(C)C)n1. The van der Waals surface area contributed by atoms with Gasteiger partial charge in [0.2, 0.25) is 0 Å². The van der Waals surface area contributed by atoms with Crippen molar-refractivity contribution in [2.45, 2.75) is 26.3 Å². The zero-order valence-corrected chi connectivity index (χ0v) is 10.9. The molecule has 0 saturated heterocycles. The minimum absolute atomic E-state index is 0.0675. The maximum absolute atomic E-state index is 11.5. The molecule has 0 unspecified atom stereocenters. The Labute approximate surface area is 102 Å². The summed E-state index contributed by atoms with van der Waals surface area (Å²) in [5.74, 6) is 0.763. The highest BCUT2D eigenvalue weighted by atomic mass is 16.1. The van der Waals surface area contributed by atoms with E-state index in [0.29, 0.717) is 6.54 Å². The summed E-state index contributed by atoms with van der Waals surface area (Å²) >= 11 is 0. The Morgan fingerprint density at radius 1 is 1.47 bits per heavy atom. The van der Waals surface area contributed by atoms with Crippen LogP contribution in [-0.4, -0.2) is 42.1 Å². The van der Waals surface area contributed by atoms with Crippen LogP contribution < -0.4 is 10.9 Å². The van der Waals surface area contributed by atoms with Crippen LogP contribution in [0.25, 0.3) is 0 Å². The molecule has 5 heteroatoms. The van der Waals surface area contributed by atoms with Crippen LogP contribution in [0.5, 0.6) is 0 Å². The normalized spacial score (nSPS) is 11.1. The molecule has 2 N–H and O–H groups in total. The van der Waals surface area contributed by atoms with Crippen molar-refractivity contribution in [3.63, 3.8) is 0 Å². The second-order valence-electron chi connectivity index (χ2n) is 4.41. The van der Waals surface area contributed by atoms with Gasteiger partial charge in [-0.25, -0.2) is 4.98 Å². The van der Waals surface area contributed by atoms with E-state index < -0.39 is 0 Å². The van der Waals surface area contributed by atoms with Crippen LogP contribution in [0.3, 0.4) is 0 Å². The number of nitrogens with one attached hydrogen (secondary N) is 2. The minimum atomic E-state index is -0.0675. The Hall–Kier alpha value is -1.20. The highest BCUT2D eigenvalue weighted by Crippen LogP contribution is 1.94. The predicted octanol–water partition coefficient (Wildman–Crippen LogP) is 0.374. The fraction of sp³-hybridized carbons (Fsp3) is 0.667. The van der Waals surface area contributed by atoms with E-state index in [2.05, 4.69) is 27.1 Å². The van der Waals surface area contributed by atoms with Gasteiger partial charge in [0.25, 0.3) is 5.56 Å². The van der Waals surface area contributed by atoms with Crippen LogP contribution in [0.4, 0.5) is 0 Å². The lowest BCUT2D eigenvalue weighted by Crippen LogP contribution is -2.22. The van der Waals surface area contributed by atoms with Crippen molar-refractivity contribution in [2.75, 3.05) is 27.2 Å². The molecule has 1 aromatic heterocycles. The fourth-order valence-corrected chi connectivity index (χ4v) is 1.49. The average Bonchev–Trinajstić information content (AvgIpc) is 2.26. The molecule has 0 aromatic carbocycles. The first-order valence-electron chi connectivity index (χ1n) is 6.06. The number of nitrogens with zero attached hydrogens (tertiary/aromatic N) is 2. The highest BCUT2D eigenvalue weighted by molar-refractivity contribution is 5.03. The molecule has 1 heterocycles. The molecular formula is C12H22N4O. The van der Waals surface area contributed by atoms with Gasteiger partial charge in [-0.05, 0) is 27.1 Å². The van der Waals surface area contributed by atoms with Gasteiger partial charge in [-0.1, -0.05) is 6.92 Å². The monoisotopic (exact) mass is 238 g/mol. The first kappa shape index (κ1) is 13.9. The lowest BCUT2D eigenvalue weighted by Gasteiger charge is -2.09. The van der Waals surface area contributed by atoms with Crippen LogP contribution in [0.15, 0.2) is 10.9 Å². The summed E-state index contributed by atoms with van der Waals surface area (Å²) in [6.45, 7) is 4.60. The zero-order valence-electron chi connectivity index (χ0n) is 10.9. The fourth-order valence-electron chi connectivity index (χ4n) is 1.49. The molecule has 0 aliphatic carbocycles. The van der Waals surface area contributed by atoms with E-state index >= 15 is 0 Å². The molecule has 0 radical (unpaired) electrons. The van der Waals surface area contributed by atoms with Gasteiger partial charge in [0.15, 0.2) is 0 Å². The maximum atomic E-state index is 11.5. The summed E-state index contributed by atoms with van der Waals surface area (Å²) in [5, 5.41) is 3.24. The Morgan fingerprint density at radius 2 is 2.24 bits per heavy atom. The molecule has 5 nitrogen and oxygen atoms in total. The summed E-state index contributed by atoms with van der Waals surface area (Å²) in [6, 6.07) is 1.56. The van der Waals surface area contributed by atoms with Gasteiger partial charge >= 0.3 is 0 Å². The van der Waals surface area contributed by atoms with Crippen LogP contribution in [-0.2, 0) is 13.0 Å². The smallest absolute Gasteiger partial charge is 0.251 e. The van der Waals surface area contributed by atoms with E-state index in [1.54, 1.807) is 6.07 Å². The van der Waals surface area contributed by atoms with Crippen molar-refractivity contribution in [2.24, 2.45) is 0 Å². The van der Waals surface area contributed by atoms with Gasteiger partial charge in [-0.15, -0.1) is 0 Å². The van der Waals surface area contributed by atoms with Gasteiger partial charge in [-0.2, -0.15) is 0 Å². The van der Waals surface area contributed by atoms with Crippen molar-refractivity contribution in [3.8, 4) is 0 Å². The summed E-state index contributed by atoms with van der Waals surface area (Å²) in [6.07, 6.45) is 1.85. The van der Waals surface area contributed by atoms with Crippen LogP contribution >= 0.6 is 0 Å². The van der Waals surface area contributed by atoms with Crippen LogP contribution in [0.2, 0.25) is 0 Å². The third-order valence-corrected chi connectivity index (χ3v) is 2.37. The van der Waals surface area contributed by atoms with Crippen molar-refractivity contribution < 1.29 is 0 Å². The number of aromatic amines is 1. The summed E-state index contributed by atoms with van der Waals surface area (Å²) in [7, 11) is 4.01. The molecule has 1 rings (SSSR count). The first-order valence-corrected chi connectivity index (χ1v) is 6.06. The molecular weight excluding hydrogens is 216 g/mol. The summed E-state index contributed by atoms with van der Waals surface area (Å²) < 4.78 is 0. The predicted molar refractivity (Wildman–Crippen MR) is 69.1 cm³/mol. The second-order valence-corrected chi connectivity index (χ2v) is 4.41. The van der Waals surface area contributed by atoms with Crippen LogP contribution in [0, 0.1) is 0 Å². The van der Waals surface area contributed by atoms with E-state index in [1.807, 2.05) is 14.1 Å². The molecule has 1 aromatic rings. The Balaban J connectivity index is 2.62. The second kappa shape index (κ2) is 7.19. The Kier molecular flexibility index (Phi) is 5.86. The van der Waals surface area contributed by atoms with E-state index in [-0.39, 0.29) is 5.56 Å². The summed E-state index contributed by atoms with van der Waals surface area (Å²) in [5.41, 5.74) is 0.748. The van der Waals surface area contributed by atoms with Crippen molar-refractivity contribution in [1.29, 1.82) is 0 Å². The Bertz CT molecular complexity index is 386. The van der Waals surface area contributed by atoms with Gasteiger partial charge in [-0.3, -0.25) is 4.79 Å². The third kappa shape index (κ3) is 5.60. The number of hydrogen-bond donors (Lipinski definition) is 2. The number of hydrogen-bond acceptors (Lipinski definition) is 4.